The zero-order chi connectivity index (χ0) is 14.6. The number of urea groups is 1. The van der Waals surface area contributed by atoms with E-state index in [2.05, 4.69) is 5.32 Å². The monoisotopic (exact) mass is 269 g/mol. The fourth-order valence-corrected chi connectivity index (χ4v) is 1.59. The first-order valence-electron chi connectivity index (χ1n) is 6.01. The molecule has 0 aliphatic carbocycles. The normalized spacial score (nSPS) is 11.2. The first-order valence-corrected chi connectivity index (χ1v) is 6.01. The summed E-state index contributed by atoms with van der Waals surface area (Å²) in [4.78, 5) is 13.0. The molecule has 1 rings (SSSR count). The average molecular weight is 269 g/mol. The Kier molecular flexibility index (Phi) is 4.72. The summed E-state index contributed by atoms with van der Waals surface area (Å²) in [6.45, 7) is 3.44. The second-order valence-electron chi connectivity index (χ2n) is 4.98. The molecule has 0 spiro atoms. The van der Waals surface area contributed by atoms with E-state index in [0.717, 1.165) is 0 Å². The number of nitrogens with one attached hydrogen (secondary N) is 1. The Morgan fingerprint density at radius 3 is 2.68 bits per heavy atom. The molecule has 1 aromatic carbocycles. The number of amides is 2. The van der Waals surface area contributed by atoms with Crippen LogP contribution in [0, 0.1) is 5.82 Å². The molecule has 4 N–H and O–H groups in total. The summed E-state index contributed by atoms with van der Waals surface area (Å²) in [5.41, 5.74) is 5.14. The van der Waals surface area contributed by atoms with Crippen LogP contribution in [0.2, 0.25) is 0 Å². The quantitative estimate of drug-likeness (QED) is 0.728. The van der Waals surface area contributed by atoms with E-state index in [4.69, 9.17) is 5.73 Å². The summed E-state index contributed by atoms with van der Waals surface area (Å²) in [6.07, 6.45) is 0.314. The molecular formula is C13H20FN3O2. The van der Waals surface area contributed by atoms with Gasteiger partial charge in [-0.15, -0.1) is 0 Å². The van der Waals surface area contributed by atoms with E-state index < -0.39 is 17.4 Å². The second kappa shape index (κ2) is 5.88. The van der Waals surface area contributed by atoms with Crippen LogP contribution in [-0.2, 0) is 0 Å². The highest BCUT2D eigenvalue weighted by molar-refractivity contribution is 5.92. The average Bonchev–Trinajstić information content (AvgIpc) is 2.31. The zero-order valence-corrected chi connectivity index (χ0v) is 11.4. The minimum Gasteiger partial charge on any atom is -0.399 e. The second-order valence-corrected chi connectivity index (χ2v) is 4.98. The maximum Gasteiger partial charge on any atom is 0.321 e. The van der Waals surface area contributed by atoms with Crippen molar-refractivity contribution in [2.45, 2.75) is 25.9 Å². The summed E-state index contributed by atoms with van der Waals surface area (Å²) in [6, 6.07) is 3.59. The molecule has 5 nitrogen and oxygen atoms in total. The van der Waals surface area contributed by atoms with Gasteiger partial charge in [0.05, 0.1) is 11.3 Å². The van der Waals surface area contributed by atoms with Crippen molar-refractivity contribution in [3.63, 3.8) is 0 Å². The Bertz CT molecular complexity index is 458. The number of nitrogens with two attached hydrogens (primary N) is 1. The van der Waals surface area contributed by atoms with Gasteiger partial charge in [-0.25, -0.2) is 9.18 Å². The van der Waals surface area contributed by atoms with E-state index in [1.807, 2.05) is 0 Å². The van der Waals surface area contributed by atoms with Crippen molar-refractivity contribution < 1.29 is 14.3 Å². The zero-order valence-electron chi connectivity index (χ0n) is 11.4. The fraction of sp³-hybridized carbons (Fsp3) is 0.462. The lowest BCUT2D eigenvalue weighted by Crippen LogP contribution is -2.41. The van der Waals surface area contributed by atoms with Crippen molar-refractivity contribution in [2.75, 3.05) is 24.2 Å². The molecule has 1 aromatic rings. The summed E-state index contributed by atoms with van der Waals surface area (Å²) < 4.78 is 13.8. The maximum atomic E-state index is 13.8. The van der Waals surface area contributed by atoms with E-state index in [1.165, 1.54) is 30.1 Å². The van der Waals surface area contributed by atoms with Crippen LogP contribution in [0.5, 0.6) is 0 Å². The summed E-state index contributed by atoms with van der Waals surface area (Å²) in [7, 11) is 1.46. The van der Waals surface area contributed by atoms with Crippen molar-refractivity contribution in [1.29, 1.82) is 0 Å². The van der Waals surface area contributed by atoms with Gasteiger partial charge in [-0.3, -0.25) is 4.90 Å². The van der Waals surface area contributed by atoms with Crippen LogP contribution in [0.3, 0.4) is 0 Å². The van der Waals surface area contributed by atoms with Gasteiger partial charge in [0.1, 0.15) is 5.82 Å². The molecule has 6 heteroatoms. The van der Waals surface area contributed by atoms with E-state index in [0.29, 0.717) is 12.1 Å². The highest BCUT2D eigenvalue weighted by Gasteiger charge is 2.22. The number of benzene rings is 1. The fourth-order valence-electron chi connectivity index (χ4n) is 1.59. The number of hydrogen-bond acceptors (Lipinski definition) is 3. The SMILES string of the molecule is CNC(=O)N(CCC(C)(C)O)c1cc(N)ccc1F. The van der Waals surface area contributed by atoms with Crippen LogP contribution < -0.4 is 16.0 Å². The Labute approximate surface area is 112 Å². The topological polar surface area (TPSA) is 78.6 Å². The third-order valence-electron chi connectivity index (χ3n) is 2.67. The Morgan fingerprint density at radius 1 is 1.53 bits per heavy atom. The number of aliphatic hydroxyl groups is 1. The van der Waals surface area contributed by atoms with Crippen molar-refractivity contribution in [3.8, 4) is 0 Å². The lowest BCUT2D eigenvalue weighted by Gasteiger charge is -2.26. The number of carbonyl (C=O) groups is 1. The molecule has 0 aromatic heterocycles. The number of nitrogen functional groups attached to an aromatic ring is 1. The van der Waals surface area contributed by atoms with Gasteiger partial charge < -0.3 is 16.2 Å². The molecule has 19 heavy (non-hydrogen) atoms. The van der Waals surface area contributed by atoms with Gasteiger partial charge in [0.15, 0.2) is 0 Å². The molecule has 0 fully saturated rings. The van der Waals surface area contributed by atoms with Crippen LogP contribution in [0.4, 0.5) is 20.6 Å². The van der Waals surface area contributed by atoms with Gasteiger partial charge in [-0.1, -0.05) is 0 Å². The highest BCUT2D eigenvalue weighted by Crippen LogP contribution is 2.23. The molecule has 0 heterocycles. The minimum atomic E-state index is -0.941. The lowest BCUT2D eigenvalue weighted by molar-refractivity contribution is 0.0735. The molecule has 0 unspecified atom stereocenters. The summed E-state index contributed by atoms with van der Waals surface area (Å²) >= 11 is 0. The first kappa shape index (κ1) is 15.2. The van der Waals surface area contributed by atoms with Crippen LogP contribution >= 0.6 is 0 Å². The molecule has 0 atom stereocenters. The number of carbonyl (C=O) groups excluding carboxylic acids is 1. The minimum absolute atomic E-state index is 0.101. The van der Waals surface area contributed by atoms with Crippen LogP contribution in [-0.4, -0.2) is 30.3 Å². The Hall–Kier alpha value is -1.82. The van der Waals surface area contributed by atoms with Crippen molar-refractivity contribution >= 4 is 17.4 Å². The third-order valence-corrected chi connectivity index (χ3v) is 2.67. The molecule has 0 aliphatic rings. The molecular weight excluding hydrogens is 249 g/mol. The molecule has 0 saturated carbocycles. The molecule has 0 saturated heterocycles. The van der Waals surface area contributed by atoms with E-state index >= 15 is 0 Å². The molecule has 0 bridgehead atoms. The Morgan fingerprint density at radius 2 is 2.16 bits per heavy atom. The molecule has 0 aliphatic heterocycles. The smallest absolute Gasteiger partial charge is 0.321 e. The van der Waals surface area contributed by atoms with E-state index in [9.17, 15) is 14.3 Å². The van der Waals surface area contributed by atoms with Crippen molar-refractivity contribution in [1.82, 2.24) is 5.32 Å². The third kappa shape index (κ3) is 4.40. The first-order chi connectivity index (χ1) is 8.74. The number of rotatable bonds is 4. The number of anilines is 2. The predicted octanol–water partition coefficient (Wildman–Crippen LogP) is 1.71. The molecule has 106 valence electrons. The number of nitrogens with zero attached hydrogens (tertiary/aromatic N) is 1. The van der Waals surface area contributed by atoms with Crippen molar-refractivity contribution in [3.05, 3.63) is 24.0 Å². The van der Waals surface area contributed by atoms with Crippen LogP contribution in [0.25, 0.3) is 0 Å². The Balaban J connectivity index is 3.03. The van der Waals surface area contributed by atoms with Gasteiger partial charge in [-0.05, 0) is 38.5 Å². The molecule has 0 radical (unpaired) electrons. The van der Waals surface area contributed by atoms with E-state index in [1.54, 1.807) is 13.8 Å². The summed E-state index contributed by atoms with van der Waals surface area (Å²) in [5.74, 6) is -0.534. The predicted molar refractivity (Wildman–Crippen MR) is 73.5 cm³/mol. The highest BCUT2D eigenvalue weighted by atomic mass is 19.1. The summed E-state index contributed by atoms with van der Waals surface area (Å²) in [5, 5.41) is 12.2. The lowest BCUT2D eigenvalue weighted by atomic mass is 10.1. The molecule has 2 amide bonds. The van der Waals surface area contributed by atoms with Crippen LogP contribution in [0.15, 0.2) is 18.2 Å². The van der Waals surface area contributed by atoms with Gasteiger partial charge in [0, 0.05) is 19.3 Å². The van der Waals surface area contributed by atoms with Gasteiger partial charge in [0.2, 0.25) is 0 Å². The maximum absolute atomic E-state index is 13.8. The van der Waals surface area contributed by atoms with Crippen molar-refractivity contribution in [2.24, 2.45) is 0 Å². The van der Waals surface area contributed by atoms with Gasteiger partial charge in [-0.2, -0.15) is 0 Å². The van der Waals surface area contributed by atoms with E-state index in [-0.39, 0.29) is 12.2 Å². The number of hydrogen-bond donors (Lipinski definition) is 3. The van der Waals surface area contributed by atoms with Crippen LogP contribution in [0.1, 0.15) is 20.3 Å². The van der Waals surface area contributed by atoms with Gasteiger partial charge >= 0.3 is 6.03 Å². The number of halogens is 1. The largest absolute Gasteiger partial charge is 0.399 e. The standard InChI is InChI=1S/C13H20FN3O2/c1-13(2,19)6-7-17(12(18)16-3)11-8-9(15)4-5-10(11)14/h4-5,8,19H,6-7,15H2,1-3H3,(H,16,18). The van der Waals surface area contributed by atoms with Gasteiger partial charge in [0.25, 0.3) is 0 Å².